The molecule has 1 aromatic heterocycles. The maximum atomic E-state index is 14.6. The van der Waals surface area contributed by atoms with Crippen LogP contribution in [0.1, 0.15) is 11.3 Å². The lowest BCUT2D eigenvalue weighted by molar-refractivity contribution is -0.141. The van der Waals surface area contributed by atoms with Crippen molar-refractivity contribution in [3.63, 3.8) is 0 Å². The molecule has 29 heavy (non-hydrogen) atoms. The highest BCUT2D eigenvalue weighted by molar-refractivity contribution is 7.90. The Labute approximate surface area is 167 Å². The molecular weight excluding hydrogens is 439 g/mol. The maximum absolute atomic E-state index is 14.6. The van der Waals surface area contributed by atoms with E-state index in [-0.39, 0.29) is 16.3 Å². The predicted molar refractivity (Wildman–Crippen MR) is 96.8 cm³/mol. The number of aromatic nitrogens is 2. The van der Waals surface area contributed by atoms with Gasteiger partial charge in [0.15, 0.2) is 15.5 Å². The van der Waals surface area contributed by atoms with E-state index in [1.54, 1.807) is 13.0 Å². The molecule has 0 aliphatic rings. The third-order valence-corrected chi connectivity index (χ3v) is 5.62. The Morgan fingerprint density at radius 2 is 1.69 bits per heavy atom. The normalized spacial score (nSPS) is 12.4. The molecule has 0 N–H and O–H groups in total. The minimum Gasteiger partial charge on any atom is -0.229 e. The molecule has 3 rings (SSSR count). The van der Waals surface area contributed by atoms with E-state index in [0.29, 0.717) is 34.7 Å². The van der Waals surface area contributed by atoms with E-state index >= 15 is 0 Å². The van der Waals surface area contributed by atoms with Crippen molar-refractivity contribution in [1.29, 1.82) is 0 Å². The number of nitrogens with zero attached hydrogens (tertiary/aromatic N) is 2. The molecule has 1 heterocycles. The number of aryl methyl sites for hydroxylation is 1. The van der Waals surface area contributed by atoms with E-state index in [1.165, 1.54) is 12.1 Å². The molecule has 0 radical (unpaired) electrons. The van der Waals surface area contributed by atoms with Gasteiger partial charge in [-0.2, -0.15) is 18.3 Å². The smallest absolute Gasteiger partial charge is 0.229 e. The molecular formula is C18H12ClF5N2O2S. The zero-order chi connectivity index (χ0) is 21.7. The molecule has 11 heteroatoms. The fourth-order valence-electron chi connectivity index (χ4n) is 2.63. The molecule has 0 fully saturated rings. The van der Waals surface area contributed by atoms with E-state index in [9.17, 15) is 30.4 Å². The summed E-state index contributed by atoms with van der Waals surface area (Å²) in [6.45, 7) is 1.68. The van der Waals surface area contributed by atoms with Crippen molar-refractivity contribution in [2.24, 2.45) is 0 Å². The van der Waals surface area contributed by atoms with Crippen molar-refractivity contribution in [3.8, 4) is 16.9 Å². The van der Waals surface area contributed by atoms with Crippen LogP contribution >= 0.6 is 11.6 Å². The van der Waals surface area contributed by atoms with Crippen LogP contribution in [-0.2, 0) is 16.0 Å². The van der Waals surface area contributed by atoms with Crippen LogP contribution in [0.3, 0.4) is 0 Å². The minimum absolute atomic E-state index is 0.176. The van der Waals surface area contributed by atoms with Crippen molar-refractivity contribution in [2.45, 2.75) is 18.0 Å². The van der Waals surface area contributed by atoms with Gasteiger partial charge in [0, 0.05) is 22.9 Å². The van der Waals surface area contributed by atoms with Crippen LogP contribution in [-0.4, -0.2) is 24.5 Å². The van der Waals surface area contributed by atoms with Crippen molar-refractivity contribution >= 4 is 21.4 Å². The van der Waals surface area contributed by atoms with E-state index < -0.39 is 43.9 Å². The third kappa shape index (κ3) is 4.13. The molecule has 0 aliphatic heterocycles. The summed E-state index contributed by atoms with van der Waals surface area (Å²) in [7, 11) is -4.09. The Kier molecular flexibility index (Phi) is 5.20. The Balaban J connectivity index is 2.30. The standard InChI is InChI=1S/C18H12ClF5N2O2S/c1-9-3-4-10(5-11(9)19)14-8-17(18(22,23)24)25-26(14)15-6-13(21)16(7-12(15)20)29(2,27)28/h3-8H,1-2H3. The van der Waals surface area contributed by atoms with Gasteiger partial charge in [-0.25, -0.2) is 21.9 Å². The highest BCUT2D eigenvalue weighted by atomic mass is 35.5. The average molecular weight is 451 g/mol. The monoisotopic (exact) mass is 450 g/mol. The van der Waals surface area contributed by atoms with E-state index in [4.69, 9.17) is 11.6 Å². The fraction of sp³-hybridized carbons (Fsp3) is 0.167. The third-order valence-electron chi connectivity index (χ3n) is 4.10. The molecule has 0 atom stereocenters. The van der Waals surface area contributed by atoms with E-state index in [1.807, 2.05) is 0 Å². The Bertz CT molecular complexity index is 1220. The maximum Gasteiger partial charge on any atom is 0.435 e. The first-order chi connectivity index (χ1) is 13.3. The van der Waals surface area contributed by atoms with Crippen LogP contribution in [0.5, 0.6) is 0 Å². The second-order valence-corrected chi connectivity index (χ2v) is 8.69. The number of halogens is 6. The van der Waals surface area contributed by atoms with Crippen LogP contribution in [0, 0.1) is 18.6 Å². The highest BCUT2D eigenvalue weighted by Crippen LogP contribution is 2.35. The predicted octanol–water partition coefficient (Wildman–Crippen LogP) is 5.20. The number of rotatable bonds is 3. The second kappa shape index (κ2) is 7.10. The van der Waals surface area contributed by atoms with Gasteiger partial charge in [0.1, 0.15) is 22.2 Å². The second-order valence-electron chi connectivity index (χ2n) is 6.29. The molecule has 2 aromatic carbocycles. The lowest BCUT2D eigenvalue weighted by atomic mass is 10.1. The SMILES string of the molecule is Cc1ccc(-c2cc(C(F)(F)F)nn2-c2cc(F)c(S(C)(=O)=O)cc2F)cc1Cl. The van der Waals surface area contributed by atoms with Gasteiger partial charge in [0.2, 0.25) is 0 Å². The van der Waals surface area contributed by atoms with Crippen LogP contribution in [0.15, 0.2) is 41.3 Å². The van der Waals surface area contributed by atoms with Gasteiger partial charge in [-0.1, -0.05) is 23.7 Å². The first-order valence-corrected chi connectivity index (χ1v) is 10.2. The van der Waals surface area contributed by atoms with Crippen LogP contribution < -0.4 is 0 Å². The average Bonchev–Trinajstić information content (AvgIpc) is 3.03. The number of alkyl halides is 3. The zero-order valence-corrected chi connectivity index (χ0v) is 16.4. The molecule has 0 saturated carbocycles. The molecule has 0 unspecified atom stereocenters. The molecule has 0 spiro atoms. The lowest BCUT2D eigenvalue weighted by Crippen LogP contribution is -2.10. The first-order valence-electron chi connectivity index (χ1n) is 7.92. The summed E-state index contributed by atoms with van der Waals surface area (Å²) in [5.41, 5.74) is -1.39. The number of hydrogen-bond donors (Lipinski definition) is 0. The number of benzene rings is 2. The molecule has 3 aromatic rings. The van der Waals surface area contributed by atoms with Crippen LogP contribution in [0.4, 0.5) is 22.0 Å². The van der Waals surface area contributed by atoms with E-state index in [2.05, 4.69) is 5.10 Å². The summed E-state index contributed by atoms with van der Waals surface area (Å²) in [5, 5.41) is 3.62. The van der Waals surface area contributed by atoms with Crippen LogP contribution in [0.25, 0.3) is 16.9 Å². The van der Waals surface area contributed by atoms with E-state index in [0.717, 1.165) is 0 Å². The van der Waals surface area contributed by atoms with Gasteiger partial charge < -0.3 is 0 Å². The fourth-order valence-corrected chi connectivity index (χ4v) is 3.54. The van der Waals surface area contributed by atoms with Gasteiger partial charge in [-0.3, -0.25) is 0 Å². The summed E-state index contributed by atoms with van der Waals surface area (Å²) < 4.78 is 92.2. The van der Waals surface area contributed by atoms with Gasteiger partial charge in [-0.15, -0.1) is 0 Å². The van der Waals surface area contributed by atoms with Crippen molar-refractivity contribution in [1.82, 2.24) is 9.78 Å². The zero-order valence-electron chi connectivity index (χ0n) is 14.9. The van der Waals surface area contributed by atoms with Crippen molar-refractivity contribution in [3.05, 3.63) is 64.3 Å². The van der Waals surface area contributed by atoms with Gasteiger partial charge in [0.25, 0.3) is 0 Å². The molecule has 0 saturated heterocycles. The Hall–Kier alpha value is -2.46. The Morgan fingerprint density at radius 3 is 2.24 bits per heavy atom. The summed E-state index contributed by atoms with van der Waals surface area (Å²) in [5.74, 6) is -2.58. The topological polar surface area (TPSA) is 52.0 Å². The van der Waals surface area contributed by atoms with Gasteiger partial charge in [-0.05, 0) is 30.7 Å². The first kappa shape index (κ1) is 21.3. The summed E-state index contributed by atoms with van der Waals surface area (Å²) in [4.78, 5) is -0.915. The highest BCUT2D eigenvalue weighted by Gasteiger charge is 2.36. The van der Waals surface area contributed by atoms with Crippen molar-refractivity contribution in [2.75, 3.05) is 6.26 Å². The summed E-state index contributed by atoms with van der Waals surface area (Å²) in [6.07, 6.45) is -4.17. The molecule has 0 amide bonds. The number of hydrogen-bond acceptors (Lipinski definition) is 3. The molecule has 154 valence electrons. The quantitative estimate of drug-likeness (QED) is 0.515. The Morgan fingerprint density at radius 1 is 1.03 bits per heavy atom. The largest absolute Gasteiger partial charge is 0.435 e. The van der Waals surface area contributed by atoms with Crippen molar-refractivity contribution < 1.29 is 30.4 Å². The van der Waals surface area contributed by atoms with Crippen LogP contribution in [0.2, 0.25) is 5.02 Å². The lowest BCUT2D eigenvalue weighted by Gasteiger charge is -2.11. The van der Waals surface area contributed by atoms with Gasteiger partial charge in [0.05, 0.1) is 5.69 Å². The number of sulfone groups is 1. The molecule has 4 nitrogen and oxygen atoms in total. The summed E-state index contributed by atoms with van der Waals surface area (Å²) >= 11 is 6.03. The molecule has 0 aliphatic carbocycles. The molecule has 0 bridgehead atoms. The minimum atomic E-state index is -4.85. The summed E-state index contributed by atoms with van der Waals surface area (Å²) in [6, 6.07) is 5.92. The van der Waals surface area contributed by atoms with Gasteiger partial charge >= 0.3 is 6.18 Å².